The Balaban J connectivity index is 2.25. The standard InChI is InChI=1S/C16H19ClN2O2/c1-4-13-16(17)14(19(5-2)18-13)10-21-15-9-7-6-8-12(15)11(3)20/h6-9H,4-5,10H2,1-3H3. The molecule has 0 unspecified atom stereocenters. The van der Waals surface area contributed by atoms with Crippen molar-refractivity contribution >= 4 is 17.4 Å². The second-order valence-corrected chi connectivity index (χ2v) is 5.10. The lowest BCUT2D eigenvalue weighted by molar-refractivity contribution is 0.101. The van der Waals surface area contributed by atoms with Crippen molar-refractivity contribution in [2.24, 2.45) is 0 Å². The van der Waals surface area contributed by atoms with Gasteiger partial charge in [0.1, 0.15) is 12.4 Å². The highest BCUT2D eigenvalue weighted by Crippen LogP contribution is 2.25. The molecule has 0 aliphatic heterocycles. The summed E-state index contributed by atoms with van der Waals surface area (Å²) < 4.78 is 7.64. The summed E-state index contributed by atoms with van der Waals surface area (Å²) in [6.07, 6.45) is 0.781. The van der Waals surface area contributed by atoms with Crippen LogP contribution in [0.4, 0.5) is 0 Å². The van der Waals surface area contributed by atoms with Gasteiger partial charge in [0.15, 0.2) is 5.78 Å². The minimum atomic E-state index is -0.0186. The van der Waals surface area contributed by atoms with Crippen molar-refractivity contribution in [3.8, 4) is 5.75 Å². The highest BCUT2D eigenvalue weighted by Gasteiger charge is 2.16. The highest BCUT2D eigenvalue weighted by molar-refractivity contribution is 6.31. The monoisotopic (exact) mass is 306 g/mol. The van der Waals surface area contributed by atoms with Gasteiger partial charge in [-0.2, -0.15) is 5.10 Å². The van der Waals surface area contributed by atoms with E-state index in [0.717, 1.165) is 24.4 Å². The molecule has 21 heavy (non-hydrogen) atoms. The van der Waals surface area contributed by atoms with E-state index in [1.54, 1.807) is 12.1 Å². The molecule has 0 saturated heterocycles. The molecule has 112 valence electrons. The molecule has 1 heterocycles. The third-order valence-electron chi connectivity index (χ3n) is 3.32. The van der Waals surface area contributed by atoms with Gasteiger partial charge < -0.3 is 4.74 Å². The van der Waals surface area contributed by atoms with Crippen LogP contribution in [0.3, 0.4) is 0 Å². The number of hydrogen-bond donors (Lipinski definition) is 0. The number of rotatable bonds is 6. The molecule has 2 aromatic rings. The van der Waals surface area contributed by atoms with Crippen LogP contribution in [0.15, 0.2) is 24.3 Å². The number of benzene rings is 1. The average Bonchev–Trinajstić information content (AvgIpc) is 2.80. The molecule has 0 atom stereocenters. The summed E-state index contributed by atoms with van der Waals surface area (Å²) in [5.41, 5.74) is 2.29. The predicted molar refractivity (Wildman–Crippen MR) is 83.1 cm³/mol. The van der Waals surface area contributed by atoms with E-state index < -0.39 is 0 Å². The van der Waals surface area contributed by atoms with E-state index in [-0.39, 0.29) is 5.78 Å². The zero-order valence-corrected chi connectivity index (χ0v) is 13.3. The Labute approximate surface area is 129 Å². The number of aromatic nitrogens is 2. The Morgan fingerprint density at radius 2 is 2.05 bits per heavy atom. The maximum absolute atomic E-state index is 11.6. The lowest BCUT2D eigenvalue weighted by Crippen LogP contribution is -2.08. The molecule has 0 spiro atoms. The van der Waals surface area contributed by atoms with Crippen molar-refractivity contribution in [2.45, 2.75) is 40.3 Å². The molecular formula is C16H19ClN2O2. The van der Waals surface area contributed by atoms with E-state index in [1.807, 2.05) is 30.7 Å². The van der Waals surface area contributed by atoms with Crippen molar-refractivity contribution in [3.63, 3.8) is 0 Å². The number of ketones is 1. The molecule has 1 aromatic heterocycles. The fraction of sp³-hybridized carbons (Fsp3) is 0.375. The smallest absolute Gasteiger partial charge is 0.163 e. The number of Topliss-reactive ketones (excluding diaryl/α,β-unsaturated/α-hetero) is 1. The zero-order chi connectivity index (χ0) is 15.4. The van der Waals surface area contributed by atoms with Crippen molar-refractivity contribution in [3.05, 3.63) is 46.2 Å². The number of nitrogens with zero attached hydrogens (tertiary/aromatic N) is 2. The number of carbonyl (C=O) groups excluding carboxylic acids is 1. The summed E-state index contributed by atoms with van der Waals surface area (Å²) in [6, 6.07) is 7.21. The first-order chi connectivity index (χ1) is 10.1. The van der Waals surface area contributed by atoms with Gasteiger partial charge in [-0.1, -0.05) is 30.7 Å². The number of ether oxygens (including phenoxy) is 1. The second-order valence-electron chi connectivity index (χ2n) is 4.72. The highest BCUT2D eigenvalue weighted by atomic mass is 35.5. The zero-order valence-electron chi connectivity index (χ0n) is 12.5. The minimum absolute atomic E-state index is 0.0186. The Kier molecular flexibility index (Phi) is 5.02. The summed E-state index contributed by atoms with van der Waals surface area (Å²) in [5.74, 6) is 0.554. The van der Waals surface area contributed by atoms with Gasteiger partial charge in [0.05, 0.1) is 22.0 Å². The first-order valence-electron chi connectivity index (χ1n) is 7.05. The van der Waals surface area contributed by atoms with E-state index in [4.69, 9.17) is 16.3 Å². The fourth-order valence-corrected chi connectivity index (χ4v) is 2.51. The normalized spacial score (nSPS) is 10.7. The molecule has 2 rings (SSSR count). The molecule has 0 amide bonds. The number of hydrogen-bond acceptors (Lipinski definition) is 3. The first-order valence-corrected chi connectivity index (χ1v) is 7.43. The fourth-order valence-electron chi connectivity index (χ4n) is 2.18. The van der Waals surface area contributed by atoms with Crippen molar-refractivity contribution < 1.29 is 9.53 Å². The maximum atomic E-state index is 11.6. The first kappa shape index (κ1) is 15.6. The van der Waals surface area contributed by atoms with Crippen LogP contribution in [0.5, 0.6) is 5.75 Å². The predicted octanol–water partition coefficient (Wildman–Crippen LogP) is 3.90. The van der Waals surface area contributed by atoms with Gasteiger partial charge in [-0.05, 0) is 32.4 Å². The van der Waals surface area contributed by atoms with Gasteiger partial charge in [0.25, 0.3) is 0 Å². The van der Waals surface area contributed by atoms with Crippen LogP contribution >= 0.6 is 11.6 Å². The Hall–Kier alpha value is -1.81. The molecular weight excluding hydrogens is 288 g/mol. The SMILES string of the molecule is CCc1nn(CC)c(COc2ccccc2C(C)=O)c1Cl. The van der Waals surface area contributed by atoms with Gasteiger partial charge in [-0.3, -0.25) is 9.48 Å². The van der Waals surface area contributed by atoms with E-state index in [1.165, 1.54) is 6.92 Å². The van der Waals surface area contributed by atoms with Crippen molar-refractivity contribution in [1.82, 2.24) is 9.78 Å². The van der Waals surface area contributed by atoms with Crippen molar-refractivity contribution in [1.29, 1.82) is 0 Å². The maximum Gasteiger partial charge on any atom is 0.163 e. The molecule has 0 aliphatic carbocycles. The third kappa shape index (κ3) is 3.27. The number of halogens is 1. The van der Waals surface area contributed by atoms with Crippen LogP contribution in [-0.2, 0) is 19.6 Å². The molecule has 1 aromatic carbocycles. The van der Waals surface area contributed by atoms with Gasteiger partial charge >= 0.3 is 0 Å². The van der Waals surface area contributed by atoms with Gasteiger partial charge in [0.2, 0.25) is 0 Å². The number of aryl methyl sites for hydroxylation is 2. The summed E-state index contributed by atoms with van der Waals surface area (Å²) in [4.78, 5) is 11.6. The van der Waals surface area contributed by atoms with Crippen LogP contribution in [-0.4, -0.2) is 15.6 Å². The van der Waals surface area contributed by atoms with Crippen LogP contribution in [0.25, 0.3) is 0 Å². The molecule has 0 bridgehead atoms. The molecule has 4 nitrogen and oxygen atoms in total. The summed E-state index contributed by atoms with van der Waals surface area (Å²) in [6.45, 7) is 6.58. The number of carbonyl (C=O) groups is 1. The van der Waals surface area contributed by atoms with Gasteiger partial charge in [0, 0.05) is 6.54 Å². The molecule has 5 heteroatoms. The summed E-state index contributed by atoms with van der Waals surface area (Å²) >= 11 is 6.35. The van der Waals surface area contributed by atoms with Crippen LogP contribution in [0.1, 0.15) is 42.5 Å². The topological polar surface area (TPSA) is 44.1 Å². The van der Waals surface area contributed by atoms with Crippen LogP contribution in [0, 0.1) is 0 Å². The quantitative estimate of drug-likeness (QED) is 0.760. The molecule has 0 N–H and O–H groups in total. The lowest BCUT2D eigenvalue weighted by Gasteiger charge is -2.11. The average molecular weight is 307 g/mol. The number of para-hydroxylation sites is 1. The summed E-state index contributed by atoms with van der Waals surface area (Å²) in [5, 5.41) is 5.11. The Morgan fingerprint density at radius 1 is 1.33 bits per heavy atom. The van der Waals surface area contributed by atoms with Gasteiger partial charge in [-0.25, -0.2) is 0 Å². The second kappa shape index (κ2) is 6.76. The van der Waals surface area contributed by atoms with Crippen LogP contribution in [0.2, 0.25) is 5.02 Å². The van der Waals surface area contributed by atoms with E-state index >= 15 is 0 Å². The summed E-state index contributed by atoms with van der Waals surface area (Å²) in [7, 11) is 0. The third-order valence-corrected chi connectivity index (χ3v) is 3.76. The molecule has 0 fully saturated rings. The minimum Gasteiger partial charge on any atom is -0.486 e. The van der Waals surface area contributed by atoms with Crippen molar-refractivity contribution in [2.75, 3.05) is 0 Å². The Bertz CT molecular complexity index is 650. The molecule has 0 radical (unpaired) electrons. The Morgan fingerprint density at radius 3 is 2.67 bits per heavy atom. The van der Waals surface area contributed by atoms with Gasteiger partial charge in [-0.15, -0.1) is 0 Å². The largest absolute Gasteiger partial charge is 0.486 e. The van der Waals surface area contributed by atoms with E-state index in [0.29, 0.717) is 22.9 Å². The molecule has 0 saturated carbocycles. The van der Waals surface area contributed by atoms with E-state index in [9.17, 15) is 4.79 Å². The van der Waals surface area contributed by atoms with E-state index in [2.05, 4.69) is 5.10 Å². The molecule has 0 aliphatic rings. The lowest BCUT2D eigenvalue weighted by atomic mass is 10.1. The van der Waals surface area contributed by atoms with Crippen LogP contribution < -0.4 is 4.74 Å².